The predicted octanol–water partition coefficient (Wildman–Crippen LogP) is 2.64. The molecule has 0 radical (unpaired) electrons. The Morgan fingerprint density at radius 3 is 2.85 bits per heavy atom. The number of ether oxygens (including phenoxy) is 1. The fourth-order valence-corrected chi connectivity index (χ4v) is 1.82. The molecule has 0 aliphatic rings. The van der Waals surface area contributed by atoms with Gasteiger partial charge >= 0.3 is 0 Å². The Morgan fingerprint density at radius 1 is 1.55 bits per heavy atom. The Labute approximate surface area is 114 Å². The van der Waals surface area contributed by atoms with E-state index < -0.39 is 4.92 Å². The number of nitrogens with zero attached hydrogens (tertiary/aromatic N) is 3. The highest BCUT2D eigenvalue weighted by Gasteiger charge is 2.18. The first kappa shape index (κ1) is 13.6. The highest BCUT2D eigenvalue weighted by Crippen LogP contribution is 2.27. The topological polar surface area (TPSA) is 90.4 Å². The van der Waals surface area contributed by atoms with Gasteiger partial charge in [-0.15, -0.1) is 4.85 Å². The molecule has 0 amide bonds. The molecule has 104 valence electrons. The molecule has 2 aromatic rings. The second-order valence-electron chi connectivity index (χ2n) is 4.20. The van der Waals surface area contributed by atoms with Gasteiger partial charge in [-0.1, -0.05) is 29.4 Å². The normalized spacial score (nSPS) is 10.2. The fraction of sp³-hybridized carbons (Fsp3) is 0.154. The molecule has 7 heteroatoms. The third kappa shape index (κ3) is 2.77. The average molecular weight is 275 g/mol. The zero-order chi connectivity index (χ0) is 14.7. The Balaban J connectivity index is 2.32. The molecule has 0 fully saturated rings. The van der Waals surface area contributed by atoms with E-state index in [0.717, 1.165) is 0 Å². The summed E-state index contributed by atoms with van der Waals surface area (Å²) in [5.74, 6) is 0.179. The average Bonchev–Trinajstić information content (AvgIpc) is 2.81. The lowest BCUT2D eigenvalue weighted by atomic mass is 10.0. The van der Waals surface area contributed by atoms with Crippen molar-refractivity contribution in [2.24, 2.45) is 0 Å². The molecule has 1 heterocycles. The molecule has 0 saturated heterocycles. The quantitative estimate of drug-likeness (QED) is 0.514. The Bertz CT molecular complexity index is 631. The van der Waals surface area contributed by atoms with Crippen LogP contribution in [0.25, 0.3) is 5.57 Å². The number of allylic oxidation sites excluding steroid dienone is 1. The van der Waals surface area contributed by atoms with Crippen LogP contribution in [0.3, 0.4) is 0 Å². The molecule has 2 rings (SSSR count). The van der Waals surface area contributed by atoms with E-state index in [1.54, 1.807) is 19.1 Å². The molecule has 7 nitrogen and oxygen atoms in total. The summed E-state index contributed by atoms with van der Waals surface area (Å²) in [7, 11) is 0. The van der Waals surface area contributed by atoms with Crippen LogP contribution in [0.15, 0.2) is 37.0 Å². The van der Waals surface area contributed by atoms with Gasteiger partial charge < -0.3 is 9.94 Å². The van der Waals surface area contributed by atoms with E-state index in [0.29, 0.717) is 21.5 Å². The molecule has 0 bridgehead atoms. The first-order valence-corrected chi connectivity index (χ1v) is 5.79. The van der Waals surface area contributed by atoms with Crippen LogP contribution in [0.5, 0.6) is 5.88 Å². The molecule has 0 aliphatic carbocycles. The number of benzene rings is 1. The molecule has 0 aliphatic heterocycles. The summed E-state index contributed by atoms with van der Waals surface area (Å²) in [5, 5.41) is 23.7. The van der Waals surface area contributed by atoms with Crippen LogP contribution in [0.2, 0.25) is 0 Å². The van der Waals surface area contributed by atoms with Crippen molar-refractivity contribution in [1.82, 2.24) is 9.94 Å². The van der Waals surface area contributed by atoms with Gasteiger partial charge in [-0.05, 0) is 12.5 Å². The van der Waals surface area contributed by atoms with E-state index in [1.165, 1.54) is 18.3 Å². The summed E-state index contributed by atoms with van der Waals surface area (Å²) in [6, 6.07) is 6.22. The van der Waals surface area contributed by atoms with Gasteiger partial charge in [0, 0.05) is 12.1 Å². The predicted molar refractivity (Wildman–Crippen MR) is 71.5 cm³/mol. The molecule has 0 spiro atoms. The Morgan fingerprint density at radius 2 is 2.30 bits per heavy atom. The van der Waals surface area contributed by atoms with Crippen LogP contribution in [0, 0.1) is 10.1 Å². The highest BCUT2D eigenvalue weighted by molar-refractivity contribution is 5.68. The standard InChI is InChI=1S/C13H13N3O4/c1-9(2)10-4-3-5-12(16(18)19)11(10)8-20-13-6-7-15(17)14-13/h3-7,17H,1,8H2,2H3. The molecule has 0 saturated carbocycles. The van der Waals surface area contributed by atoms with Crippen LogP contribution in [-0.2, 0) is 6.61 Å². The summed E-state index contributed by atoms with van der Waals surface area (Å²) in [5.41, 5.74) is 1.77. The maximum Gasteiger partial charge on any atom is 0.276 e. The smallest absolute Gasteiger partial charge is 0.276 e. The Hall–Kier alpha value is -2.83. The number of nitro groups is 1. The molecule has 1 aromatic heterocycles. The Kier molecular flexibility index (Phi) is 3.69. The van der Waals surface area contributed by atoms with Crippen LogP contribution in [-0.4, -0.2) is 20.1 Å². The number of hydrogen-bond acceptors (Lipinski definition) is 5. The third-order valence-corrected chi connectivity index (χ3v) is 2.72. The van der Waals surface area contributed by atoms with Gasteiger partial charge in [0.1, 0.15) is 6.61 Å². The van der Waals surface area contributed by atoms with Crippen molar-refractivity contribution in [3.05, 3.63) is 58.3 Å². The summed E-state index contributed by atoms with van der Waals surface area (Å²) in [4.78, 5) is 11.2. The van der Waals surface area contributed by atoms with Gasteiger partial charge in [-0.2, -0.15) is 0 Å². The van der Waals surface area contributed by atoms with Crippen molar-refractivity contribution in [3.8, 4) is 5.88 Å². The maximum atomic E-state index is 11.1. The molecular weight excluding hydrogens is 262 g/mol. The fourth-order valence-electron chi connectivity index (χ4n) is 1.82. The minimum Gasteiger partial charge on any atom is -0.471 e. The van der Waals surface area contributed by atoms with Gasteiger partial charge in [-0.3, -0.25) is 10.1 Å². The van der Waals surface area contributed by atoms with Crippen molar-refractivity contribution in [2.45, 2.75) is 13.5 Å². The SMILES string of the molecule is C=C(C)c1cccc([N+](=O)[O-])c1COc1ccn(O)n1. The van der Waals surface area contributed by atoms with E-state index in [-0.39, 0.29) is 18.2 Å². The second-order valence-corrected chi connectivity index (χ2v) is 4.20. The van der Waals surface area contributed by atoms with Crippen molar-refractivity contribution in [1.29, 1.82) is 0 Å². The molecule has 0 unspecified atom stereocenters. The number of rotatable bonds is 5. The van der Waals surface area contributed by atoms with Gasteiger partial charge in [0.05, 0.1) is 16.7 Å². The summed E-state index contributed by atoms with van der Waals surface area (Å²) >= 11 is 0. The van der Waals surface area contributed by atoms with Crippen molar-refractivity contribution in [2.75, 3.05) is 0 Å². The lowest BCUT2D eigenvalue weighted by molar-refractivity contribution is -0.385. The molecule has 1 N–H and O–H groups in total. The summed E-state index contributed by atoms with van der Waals surface area (Å²) < 4.78 is 5.36. The second kappa shape index (κ2) is 5.43. The van der Waals surface area contributed by atoms with E-state index >= 15 is 0 Å². The van der Waals surface area contributed by atoms with E-state index in [2.05, 4.69) is 11.7 Å². The van der Waals surface area contributed by atoms with Crippen LogP contribution < -0.4 is 4.74 Å². The zero-order valence-electron chi connectivity index (χ0n) is 10.8. The van der Waals surface area contributed by atoms with Crippen LogP contribution in [0.4, 0.5) is 5.69 Å². The minimum atomic E-state index is -0.463. The number of nitro benzene ring substituents is 1. The molecule has 1 aromatic carbocycles. The van der Waals surface area contributed by atoms with Gasteiger partial charge in [0.25, 0.3) is 5.69 Å². The monoisotopic (exact) mass is 275 g/mol. The molecule has 0 atom stereocenters. The number of hydrogen-bond donors (Lipinski definition) is 1. The third-order valence-electron chi connectivity index (χ3n) is 2.72. The van der Waals surface area contributed by atoms with Gasteiger partial charge in [0.15, 0.2) is 0 Å². The van der Waals surface area contributed by atoms with Crippen LogP contribution >= 0.6 is 0 Å². The minimum absolute atomic E-state index is 0.0314. The first-order valence-electron chi connectivity index (χ1n) is 5.79. The first-order chi connectivity index (χ1) is 9.49. The summed E-state index contributed by atoms with van der Waals surface area (Å²) in [6.07, 6.45) is 1.30. The molecular formula is C13H13N3O4. The van der Waals surface area contributed by atoms with Crippen molar-refractivity contribution in [3.63, 3.8) is 0 Å². The van der Waals surface area contributed by atoms with Crippen LogP contribution in [0.1, 0.15) is 18.1 Å². The largest absolute Gasteiger partial charge is 0.471 e. The van der Waals surface area contributed by atoms with Gasteiger partial charge in [0.2, 0.25) is 5.88 Å². The van der Waals surface area contributed by atoms with Gasteiger partial charge in [-0.25, -0.2) is 0 Å². The zero-order valence-corrected chi connectivity index (χ0v) is 10.8. The summed E-state index contributed by atoms with van der Waals surface area (Å²) in [6.45, 7) is 5.55. The lowest BCUT2D eigenvalue weighted by Gasteiger charge is -2.10. The van der Waals surface area contributed by atoms with E-state index in [1.807, 2.05) is 0 Å². The van der Waals surface area contributed by atoms with E-state index in [4.69, 9.17) is 9.94 Å². The van der Waals surface area contributed by atoms with Crippen molar-refractivity contribution >= 4 is 11.3 Å². The highest BCUT2D eigenvalue weighted by atomic mass is 16.6. The maximum absolute atomic E-state index is 11.1. The molecule has 20 heavy (non-hydrogen) atoms. The van der Waals surface area contributed by atoms with Crippen molar-refractivity contribution < 1.29 is 14.9 Å². The number of aromatic nitrogens is 2. The van der Waals surface area contributed by atoms with E-state index in [9.17, 15) is 10.1 Å². The lowest BCUT2D eigenvalue weighted by Crippen LogP contribution is -2.04.